The minimum Gasteiger partial charge on any atom is -0.393 e. The van der Waals surface area contributed by atoms with Gasteiger partial charge in [-0.05, 0) is 113 Å². The number of aryl methyl sites for hydroxylation is 1. The number of para-hydroxylation sites is 1. The van der Waals surface area contributed by atoms with Crippen molar-refractivity contribution in [1.82, 2.24) is 4.90 Å². The van der Waals surface area contributed by atoms with Crippen LogP contribution in [0.1, 0.15) is 96.0 Å². The number of carbonyl (C=O) groups excluding carboxylic acids is 2. The molecule has 7 nitrogen and oxygen atoms in total. The molecule has 2 amide bonds. The molecule has 2 aromatic carbocycles. The fourth-order valence-electron chi connectivity index (χ4n) is 7.58. The fourth-order valence-corrected chi connectivity index (χ4v) is 8.40. The monoisotopic (exact) mass is 658 g/mol. The van der Waals surface area contributed by atoms with Gasteiger partial charge in [-0.3, -0.25) is 4.79 Å². The van der Waals surface area contributed by atoms with Crippen LogP contribution in [0.4, 0.5) is 10.5 Å². The van der Waals surface area contributed by atoms with Gasteiger partial charge in [0.1, 0.15) is 0 Å². The zero-order valence-electron chi connectivity index (χ0n) is 28.3. The lowest BCUT2D eigenvalue weighted by molar-refractivity contribution is -0.0767. The lowest BCUT2D eigenvalue weighted by atomic mass is 9.64. The highest BCUT2D eigenvalue weighted by Crippen LogP contribution is 2.59. The number of thiophene rings is 1. The number of aliphatic hydroxyl groups is 2. The Morgan fingerprint density at radius 3 is 2.57 bits per heavy atom. The quantitative estimate of drug-likeness (QED) is 0.123. The average molecular weight is 659 g/mol. The number of ether oxygens (including phenoxy) is 1. The lowest BCUT2D eigenvalue weighted by Crippen LogP contribution is -2.54. The average Bonchev–Trinajstić information content (AvgIpc) is 3.59. The van der Waals surface area contributed by atoms with Gasteiger partial charge < -0.3 is 25.2 Å². The SMILES string of the molecule is COCCCN(CC1(O)CCC2c3ccc(cc3C(=O)c3ccc(C)s3)CC(O)CCC(C)=CCCC21C)C(=O)Nc1ccccc1. The number of anilines is 1. The molecule has 0 aliphatic heterocycles. The van der Waals surface area contributed by atoms with Gasteiger partial charge in [0.05, 0.1) is 23.1 Å². The predicted molar refractivity (Wildman–Crippen MR) is 189 cm³/mol. The Kier molecular flexibility index (Phi) is 11.4. The molecule has 252 valence electrons. The van der Waals surface area contributed by atoms with E-state index >= 15 is 0 Å². The first kappa shape index (κ1) is 35.0. The first-order valence-electron chi connectivity index (χ1n) is 16.9. The molecule has 3 aliphatic carbocycles. The van der Waals surface area contributed by atoms with E-state index in [0.717, 1.165) is 28.8 Å². The maximum absolute atomic E-state index is 14.2. The van der Waals surface area contributed by atoms with E-state index in [1.54, 1.807) is 12.0 Å². The topological polar surface area (TPSA) is 99.1 Å². The van der Waals surface area contributed by atoms with Crippen molar-refractivity contribution >= 4 is 28.8 Å². The molecule has 6 rings (SSSR count). The van der Waals surface area contributed by atoms with Crippen LogP contribution in [0.3, 0.4) is 0 Å². The molecule has 3 N–H and O–H groups in total. The number of amides is 2. The van der Waals surface area contributed by atoms with Gasteiger partial charge in [-0.25, -0.2) is 4.79 Å². The molecule has 3 aliphatic rings. The maximum Gasteiger partial charge on any atom is 0.321 e. The van der Waals surface area contributed by atoms with Crippen molar-refractivity contribution in [3.05, 3.63) is 98.8 Å². The number of nitrogens with one attached hydrogen (secondary N) is 1. The van der Waals surface area contributed by atoms with Crippen molar-refractivity contribution in [3.63, 3.8) is 0 Å². The molecular weight excluding hydrogens is 609 g/mol. The number of carbonyl (C=O) groups is 2. The molecule has 47 heavy (non-hydrogen) atoms. The van der Waals surface area contributed by atoms with Crippen molar-refractivity contribution < 1.29 is 24.5 Å². The molecule has 1 heterocycles. The number of benzene rings is 2. The van der Waals surface area contributed by atoms with Gasteiger partial charge in [0.2, 0.25) is 5.78 Å². The molecular formula is C39H50N2O5S. The highest BCUT2D eigenvalue weighted by atomic mass is 32.1. The van der Waals surface area contributed by atoms with Crippen LogP contribution in [-0.4, -0.2) is 65.4 Å². The molecule has 8 heteroatoms. The largest absolute Gasteiger partial charge is 0.393 e. The number of fused-ring (bicyclic) bond motifs is 8. The predicted octanol–water partition coefficient (Wildman–Crippen LogP) is 7.90. The van der Waals surface area contributed by atoms with Crippen molar-refractivity contribution in [2.75, 3.05) is 32.1 Å². The molecule has 0 saturated heterocycles. The Bertz CT molecular complexity index is 1570. The number of methoxy groups -OCH3 is 1. The van der Waals surface area contributed by atoms with E-state index in [9.17, 15) is 19.8 Å². The molecule has 2 bridgehead atoms. The molecule has 1 aromatic heterocycles. The van der Waals surface area contributed by atoms with Crippen LogP contribution in [0.2, 0.25) is 0 Å². The number of ketones is 1. The van der Waals surface area contributed by atoms with Gasteiger partial charge in [-0.2, -0.15) is 0 Å². The number of hydrogen-bond acceptors (Lipinski definition) is 6. The first-order valence-corrected chi connectivity index (χ1v) is 17.7. The van der Waals surface area contributed by atoms with Crippen LogP contribution >= 0.6 is 11.3 Å². The second-order valence-electron chi connectivity index (χ2n) is 13.8. The van der Waals surface area contributed by atoms with Gasteiger partial charge in [0, 0.05) is 41.8 Å². The zero-order valence-corrected chi connectivity index (χ0v) is 29.1. The minimum absolute atomic E-state index is 0.0153. The number of urea groups is 1. The summed E-state index contributed by atoms with van der Waals surface area (Å²) in [6.45, 7) is 7.38. The summed E-state index contributed by atoms with van der Waals surface area (Å²) in [4.78, 5) is 31.4. The van der Waals surface area contributed by atoms with E-state index in [1.807, 2.05) is 61.5 Å². The van der Waals surface area contributed by atoms with Gasteiger partial charge in [-0.15, -0.1) is 11.3 Å². The third-order valence-electron chi connectivity index (χ3n) is 10.4. The number of rotatable bonds is 9. The Labute approximate surface area is 283 Å². The molecule has 3 aromatic rings. The van der Waals surface area contributed by atoms with E-state index in [4.69, 9.17) is 4.74 Å². The second-order valence-corrected chi connectivity index (χ2v) is 15.0. The molecule has 0 radical (unpaired) electrons. The standard InChI is InChI=1S/C39H50N2O5S/c1-27-10-8-20-38(3)34(19-21-39(38,45)26-41(22-9-23-46-4)37(44)40-30-11-6-5-7-12-30)32-17-15-29(24-31(42)16-13-27)25-33(32)36(43)35-18-14-28(2)47-35/h5-7,10-12,14-15,17-18,25,31,34,42,45H,8-9,13,16,19-24,26H2,1-4H3,(H,40,44). The summed E-state index contributed by atoms with van der Waals surface area (Å²) < 4.78 is 5.32. The normalized spacial score (nSPS) is 24.7. The van der Waals surface area contributed by atoms with Crippen molar-refractivity contribution in [3.8, 4) is 0 Å². The van der Waals surface area contributed by atoms with Gasteiger partial charge in [0.15, 0.2) is 0 Å². The highest BCUT2D eigenvalue weighted by molar-refractivity contribution is 7.14. The van der Waals surface area contributed by atoms with Crippen LogP contribution in [0.25, 0.3) is 0 Å². The third kappa shape index (κ3) is 8.06. The van der Waals surface area contributed by atoms with Gasteiger partial charge >= 0.3 is 6.03 Å². The highest BCUT2D eigenvalue weighted by Gasteiger charge is 2.57. The Morgan fingerprint density at radius 2 is 1.85 bits per heavy atom. The number of nitrogens with zero attached hydrogens (tertiary/aromatic N) is 1. The van der Waals surface area contributed by atoms with Crippen molar-refractivity contribution in [2.24, 2.45) is 5.41 Å². The van der Waals surface area contributed by atoms with Crippen molar-refractivity contribution in [2.45, 2.75) is 89.8 Å². The van der Waals surface area contributed by atoms with Crippen LogP contribution in [0.15, 0.2) is 72.3 Å². The summed E-state index contributed by atoms with van der Waals surface area (Å²) in [5.41, 5.74) is 2.62. The Morgan fingerprint density at radius 1 is 1.06 bits per heavy atom. The number of aliphatic hydroxyl groups excluding tert-OH is 1. The van der Waals surface area contributed by atoms with Crippen LogP contribution in [-0.2, 0) is 11.2 Å². The van der Waals surface area contributed by atoms with Gasteiger partial charge in [0.25, 0.3) is 0 Å². The number of hydrogen-bond donors (Lipinski definition) is 3. The van der Waals surface area contributed by atoms with E-state index in [-0.39, 0.29) is 24.3 Å². The van der Waals surface area contributed by atoms with E-state index in [1.165, 1.54) is 16.9 Å². The van der Waals surface area contributed by atoms with E-state index in [0.29, 0.717) is 67.8 Å². The fraction of sp³-hybridized carbons (Fsp3) is 0.487. The summed E-state index contributed by atoms with van der Waals surface area (Å²) in [7, 11) is 1.65. The van der Waals surface area contributed by atoms with Crippen LogP contribution < -0.4 is 5.32 Å². The van der Waals surface area contributed by atoms with Gasteiger partial charge in [-0.1, -0.05) is 48.9 Å². The third-order valence-corrected chi connectivity index (χ3v) is 11.4. The molecule has 4 atom stereocenters. The minimum atomic E-state index is -1.20. The molecule has 0 spiro atoms. The smallest absolute Gasteiger partial charge is 0.321 e. The molecule has 4 unspecified atom stereocenters. The van der Waals surface area contributed by atoms with Crippen molar-refractivity contribution in [1.29, 1.82) is 0 Å². The van der Waals surface area contributed by atoms with E-state index < -0.39 is 17.1 Å². The summed E-state index contributed by atoms with van der Waals surface area (Å²) in [5, 5.41) is 26.7. The van der Waals surface area contributed by atoms with E-state index in [2.05, 4.69) is 31.3 Å². The van der Waals surface area contributed by atoms with Crippen LogP contribution in [0, 0.1) is 12.3 Å². The molecule has 1 fully saturated rings. The number of allylic oxidation sites excluding steroid dienone is 2. The Balaban J connectivity index is 1.55. The van der Waals surface area contributed by atoms with Crippen LogP contribution in [0.5, 0.6) is 0 Å². The maximum atomic E-state index is 14.2. The second kappa shape index (κ2) is 15.3. The summed E-state index contributed by atoms with van der Waals surface area (Å²) in [6.07, 6.45) is 6.93. The summed E-state index contributed by atoms with van der Waals surface area (Å²) >= 11 is 1.49. The summed E-state index contributed by atoms with van der Waals surface area (Å²) in [5.74, 6) is -0.125. The zero-order chi connectivity index (χ0) is 33.6. The lowest BCUT2D eigenvalue weighted by Gasteiger charge is -2.46. The summed E-state index contributed by atoms with van der Waals surface area (Å²) in [6, 6.07) is 19.1. The first-order chi connectivity index (χ1) is 22.5. The molecule has 1 saturated carbocycles. The Hall–Kier alpha value is -3.30.